The van der Waals surface area contributed by atoms with Crippen LogP contribution in [0.2, 0.25) is 5.02 Å². The van der Waals surface area contributed by atoms with Gasteiger partial charge in [0.25, 0.3) is 0 Å². The maximum absolute atomic E-state index is 7.07. The van der Waals surface area contributed by atoms with Crippen LogP contribution in [-0.2, 0) is 9.47 Å². The van der Waals surface area contributed by atoms with Gasteiger partial charge >= 0.3 is 0 Å². The van der Waals surface area contributed by atoms with Crippen LogP contribution in [0.3, 0.4) is 0 Å². The summed E-state index contributed by atoms with van der Waals surface area (Å²) in [4.78, 5) is 6.95. The molecule has 216 valence electrons. The van der Waals surface area contributed by atoms with Crippen LogP contribution in [0.1, 0.15) is 35.7 Å². The van der Waals surface area contributed by atoms with Gasteiger partial charge in [0.2, 0.25) is 0 Å². The summed E-state index contributed by atoms with van der Waals surface area (Å²) in [6.45, 7) is 8.73. The van der Waals surface area contributed by atoms with E-state index in [1.807, 2.05) is 37.5 Å². The SMILES string of the molecule is COCCOCCN=Cc1cc(-c2nn(C3CC4(C3)CN(C)C4)c(C)c2-c2c(Cl)c(C)cc3[nH]ncc23)ccc1N. The number of nitrogens with two attached hydrogens (primary N) is 1. The third-order valence-corrected chi connectivity index (χ3v) is 9.03. The van der Waals surface area contributed by atoms with E-state index < -0.39 is 0 Å². The first-order valence-electron chi connectivity index (χ1n) is 14.2. The van der Waals surface area contributed by atoms with E-state index in [9.17, 15) is 0 Å². The van der Waals surface area contributed by atoms with E-state index >= 15 is 0 Å². The van der Waals surface area contributed by atoms with Crippen molar-refractivity contribution in [2.45, 2.75) is 32.7 Å². The number of anilines is 1. The minimum atomic E-state index is 0.368. The van der Waals surface area contributed by atoms with Crippen molar-refractivity contribution in [2.24, 2.45) is 10.4 Å². The molecule has 2 aromatic carbocycles. The second kappa shape index (κ2) is 11.2. The number of likely N-dealkylation sites (tertiary alicyclic amines) is 1. The molecular formula is C31H38ClN7O2. The molecular weight excluding hydrogens is 538 g/mol. The number of aromatic nitrogens is 4. The Bertz CT molecular complexity index is 1590. The predicted octanol–water partition coefficient (Wildman–Crippen LogP) is 5.29. The first-order valence-corrected chi connectivity index (χ1v) is 14.5. The van der Waals surface area contributed by atoms with Crippen molar-refractivity contribution >= 4 is 34.4 Å². The van der Waals surface area contributed by atoms with Crippen LogP contribution in [0.15, 0.2) is 35.5 Å². The second-order valence-electron chi connectivity index (χ2n) is 11.7. The maximum Gasteiger partial charge on any atom is 0.101 e. The van der Waals surface area contributed by atoms with Crippen molar-refractivity contribution in [3.05, 3.63) is 52.3 Å². The molecule has 6 rings (SSSR count). The van der Waals surface area contributed by atoms with E-state index in [2.05, 4.69) is 44.8 Å². The number of aliphatic imine (C=N–C) groups is 1. The molecule has 0 radical (unpaired) electrons. The lowest BCUT2D eigenvalue weighted by Gasteiger charge is -2.58. The molecule has 1 saturated carbocycles. The number of benzene rings is 2. The average molecular weight is 576 g/mol. The van der Waals surface area contributed by atoms with Crippen LogP contribution in [0.5, 0.6) is 0 Å². The predicted molar refractivity (Wildman–Crippen MR) is 165 cm³/mol. The average Bonchev–Trinajstić information content (AvgIpc) is 3.51. The molecule has 1 aliphatic heterocycles. The van der Waals surface area contributed by atoms with Gasteiger partial charge in [0.1, 0.15) is 5.69 Å². The summed E-state index contributed by atoms with van der Waals surface area (Å²) >= 11 is 7.07. The molecule has 10 heteroatoms. The number of nitrogens with zero attached hydrogens (tertiary/aromatic N) is 5. The number of H-pyrrole nitrogens is 1. The molecule has 1 aliphatic carbocycles. The van der Waals surface area contributed by atoms with E-state index in [1.54, 1.807) is 7.11 Å². The van der Waals surface area contributed by atoms with Gasteiger partial charge in [0, 0.05) is 65.4 Å². The number of aromatic amines is 1. The molecule has 2 aromatic heterocycles. The van der Waals surface area contributed by atoms with Gasteiger partial charge in [-0.15, -0.1) is 0 Å². The van der Waals surface area contributed by atoms with Crippen molar-refractivity contribution < 1.29 is 9.47 Å². The first-order chi connectivity index (χ1) is 19.8. The first kappa shape index (κ1) is 27.9. The summed E-state index contributed by atoms with van der Waals surface area (Å²) in [5.74, 6) is 0. The van der Waals surface area contributed by atoms with Gasteiger partial charge in [-0.25, -0.2) is 0 Å². The lowest BCUT2D eigenvalue weighted by molar-refractivity contribution is -0.0790. The summed E-state index contributed by atoms with van der Waals surface area (Å²) < 4.78 is 12.8. The highest BCUT2D eigenvalue weighted by molar-refractivity contribution is 6.36. The number of hydrogen-bond donors (Lipinski definition) is 2. The summed E-state index contributed by atoms with van der Waals surface area (Å²) in [6, 6.07) is 8.45. The summed E-state index contributed by atoms with van der Waals surface area (Å²) in [6.07, 6.45) is 5.97. The zero-order valence-corrected chi connectivity index (χ0v) is 25.0. The molecule has 3 N–H and O–H groups in total. The Morgan fingerprint density at radius 3 is 2.73 bits per heavy atom. The van der Waals surface area contributed by atoms with Gasteiger partial charge in [0.05, 0.1) is 49.1 Å². The molecule has 0 unspecified atom stereocenters. The van der Waals surface area contributed by atoms with Crippen LogP contribution >= 0.6 is 11.6 Å². The van der Waals surface area contributed by atoms with Crippen LogP contribution in [0.25, 0.3) is 33.3 Å². The Morgan fingerprint density at radius 2 is 1.98 bits per heavy atom. The number of ether oxygens (including phenoxy) is 2. The standard InChI is InChI=1S/C31H38ClN7O2/c1-19-11-26-24(16-35-36-26)28(29(19)32)27-20(2)39(23-13-31(14-23)17-38(3)18-31)37-30(27)21-5-6-25(33)22(12-21)15-34-7-8-41-10-9-40-4/h5-6,11-12,15-16,23H,7-10,13-14,17-18,33H2,1-4H3,(H,35,36). The van der Waals surface area contributed by atoms with Gasteiger partial charge in [-0.05, 0) is 62.9 Å². The fraction of sp³-hybridized carbons (Fsp3) is 0.452. The lowest BCUT2D eigenvalue weighted by Crippen LogP contribution is -2.60. The number of rotatable bonds is 10. The Labute approximate surface area is 245 Å². The largest absolute Gasteiger partial charge is 0.398 e. The third kappa shape index (κ3) is 5.16. The number of fused-ring (bicyclic) bond motifs is 1. The Balaban J connectivity index is 1.40. The van der Waals surface area contributed by atoms with Gasteiger partial charge in [-0.1, -0.05) is 17.7 Å². The molecule has 41 heavy (non-hydrogen) atoms. The minimum absolute atomic E-state index is 0.368. The monoisotopic (exact) mass is 575 g/mol. The quantitative estimate of drug-likeness (QED) is 0.151. The zero-order chi connectivity index (χ0) is 28.7. The van der Waals surface area contributed by atoms with Crippen molar-refractivity contribution in [2.75, 3.05) is 59.3 Å². The number of hydrogen-bond acceptors (Lipinski definition) is 7. The van der Waals surface area contributed by atoms with Crippen LogP contribution in [-0.4, -0.2) is 84.7 Å². The number of methoxy groups -OCH3 is 1. The topological polar surface area (TPSA) is 107 Å². The highest BCUT2D eigenvalue weighted by Crippen LogP contribution is 2.55. The molecule has 3 heterocycles. The molecule has 0 amide bonds. The molecule has 1 saturated heterocycles. The molecule has 0 atom stereocenters. The van der Waals surface area contributed by atoms with Crippen molar-refractivity contribution in [3.63, 3.8) is 0 Å². The molecule has 4 aromatic rings. The van der Waals surface area contributed by atoms with Crippen LogP contribution < -0.4 is 5.73 Å². The lowest BCUT2D eigenvalue weighted by atomic mass is 9.61. The normalized spacial score (nSPS) is 17.1. The highest BCUT2D eigenvalue weighted by Gasteiger charge is 2.52. The number of halogens is 1. The van der Waals surface area contributed by atoms with E-state index in [4.69, 9.17) is 31.9 Å². The highest BCUT2D eigenvalue weighted by atomic mass is 35.5. The molecule has 1 spiro atoms. The number of nitrogens with one attached hydrogen (secondary N) is 1. The molecule has 0 bridgehead atoms. The second-order valence-corrected chi connectivity index (χ2v) is 12.1. The van der Waals surface area contributed by atoms with E-state index in [0.29, 0.717) is 43.5 Å². The van der Waals surface area contributed by atoms with E-state index in [-0.39, 0.29) is 0 Å². The van der Waals surface area contributed by atoms with Crippen LogP contribution in [0, 0.1) is 19.3 Å². The molecule has 9 nitrogen and oxygen atoms in total. The Morgan fingerprint density at radius 1 is 1.17 bits per heavy atom. The maximum atomic E-state index is 7.07. The van der Waals surface area contributed by atoms with Crippen molar-refractivity contribution in [1.82, 2.24) is 24.9 Å². The molecule has 2 aliphatic rings. The van der Waals surface area contributed by atoms with Crippen molar-refractivity contribution in [1.29, 1.82) is 0 Å². The summed E-state index contributed by atoms with van der Waals surface area (Å²) in [5.41, 5.74) is 15.3. The van der Waals surface area contributed by atoms with Gasteiger partial charge in [0.15, 0.2) is 0 Å². The Hall–Kier alpha value is -3.24. The van der Waals surface area contributed by atoms with Crippen molar-refractivity contribution in [3.8, 4) is 22.4 Å². The van der Waals surface area contributed by atoms with Gasteiger partial charge < -0.3 is 20.1 Å². The summed E-state index contributed by atoms with van der Waals surface area (Å²) in [5, 5.41) is 14.5. The van der Waals surface area contributed by atoms with Crippen LogP contribution in [0.4, 0.5) is 5.69 Å². The number of nitrogen functional groups attached to an aromatic ring is 1. The summed E-state index contributed by atoms with van der Waals surface area (Å²) in [7, 11) is 3.86. The smallest absolute Gasteiger partial charge is 0.101 e. The van der Waals surface area contributed by atoms with E-state index in [1.165, 1.54) is 13.1 Å². The minimum Gasteiger partial charge on any atom is -0.398 e. The van der Waals surface area contributed by atoms with E-state index in [0.717, 1.165) is 68.0 Å². The zero-order valence-electron chi connectivity index (χ0n) is 24.2. The number of aryl methyl sites for hydroxylation is 1. The fourth-order valence-electron chi connectivity index (χ4n) is 6.65. The Kier molecular flexibility index (Phi) is 7.63. The molecule has 2 fully saturated rings. The third-order valence-electron chi connectivity index (χ3n) is 8.55. The fourth-order valence-corrected chi connectivity index (χ4v) is 6.90. The van der Waals surface area contributed by atoms with Gasteiger partial charge in [-0.3, -0.25) is 14.8 Å². The van der Waals surface area contributed by atoms with Gasteiger partial charge in [-0.2, -0.15) is 10.2 Å².